The van der Waals surface area contributed by atoms with Crippen LogP contribution >= 0.6 is 0 Å². The second kappa shape index (κ2) is 59.8. The fourth-order valence-corrected chi connectivity index (χ4v) is 12.3. The van der Waals surface area contributed by atoms with Crippen molar-refractivity contribution >= 4 is 5.91 Å². The first-order valence-corrected chi connectivity index (χ1v) is 38.6. The van der Waals surface area contributed by atoms with Gasteiger partial charge in [0.05, 0.1) is 38.6 Å². The smallest absolute Gasteiger partial charge is 0.220 e. The van der Waals surface area contributed by atoms with Gasteiger partial charge in [-0.25, -0.2) is 0 Å². The number of hydrogen-bond donors (Lipinski definition) is 12. The van der Waals surface area contributed by atoms with Crippen LogP contribution in [0.2, 0.25) is 0 Å². The molecule has 570 valence electrons. The Bertz CT molecular complexity index is 2220. The molecule has 3 saturated heterocycles. The van der Waals surface area contributed by atoms with Gasteiger partial charge in [-0.15, -0.1) is 0 Å². The lowest BCUT2D eigenvalue weighted by molar-refractivity contribution is -0.379. The number of hydrogen-bond acceptors (Lipinski definition) is 18. The van der Waals surface area contributed by atoms with Crippen LogP contribution < -0.4 is 5.32 Å². The van der Waals surface area contributed by atoms with E-state index in [1.807, 2.05) is 6.08 Å². The summed E-state index contributed by atoms with van der Waals surface area (Å²) < 4.78 is 34.3. The maximum Gasteiger partial charge on any atom is 0.220 e. The van der Waals surface area contributed by atoms with Crippen molar-refractivity contribution in [3.8, 4) is 0 Å². The quantitative estimate of drug-likeness (QED) is 0.0199. The molecule has 1 amide bonds. The van der Waals surface area contributed by atoms with Crippen molar-refractivity contribution in [1.29, 1.82) is 0 Å². The third kappa shape index (κ3) is 40.3. The average Bonchev–Trinajstić information content (AvgIpc) is 0.784. The van der Waals surface area contributed by atoms with Gasteiger partial charge in [-0.2, -0.15) is 0 Å². The van der Waals surface area contributed by atoms with Gasteiger partial charge < -0.3 is 89.9 Å². The predicted octanol–water partition coefficient (Wildman–Crippen LogP) is 12.2. The largest absolute Gasteiger partial charge is 0.394 e. The molecular weight excluding hydrogens is 1260 g/mol. The lowest BCUT2D eigenvalue weighted by Crippen LogP contribution is -2.66. The summed E-state index contributed by atoms with van der Waals surface area (Å²) in [7, 11) is 0. The fraction of sp³-hybridized carbons (Fsp3) is 0.762. The molecule has 3 rings (SSSR count). The van der Waals surface area contributed by atoms with Crippen molar-refractivity contribution < 1.29 is 89.4 Å². The zero-order valence-corrected chi connectivity index (χ0v) is 60.7. The van der Waals surface area contributed by atoms with Gasteiger partial charge in [0, 0.05) is 6.42 Å². The van der Waals surface area contributed by atoms with Crippen LogP contribution in [0.25, 0.3) is 0 Å². The number of carbonyl (C=O) groups is 1. The highest BCUT2D eigenvalue weighted by molar-refractivity contribution is 5.76. The van der Waals surface area contributed by atoms with E-state index >= 15 is 0 Å². The molecule has 19 heteroatoms. The Labute approximate surface area is 595 Å². The van der Waals surface area contributed by atoms with E-state index in [-0.39, 0.29) is 12.3 Å². The SMILES string of the molecule is CC/C=C\C/C=C\C/C=C\C/C=C\C/C=C\C/C=C\CCCCC(=O)NC(COC1OC(CO)C(OC2OC(CO)C(OC3OC(CO)C(O)C(O)C3O)C(O)C2O)C(O)C1O)C(O)/C=C/CC/C=C/CC/C=C/CCCCCCCCCCCCCCCCCCCCCCCCC. The molecule has 0 aromatic heterocycles. The van der Waals surface area contributed by atoms with Gasteiger partial charge in [0.2, 0.25) is 5.91 Å². The van der Waals surface area contributed by atoms with E-state index in [1.54, 1.807) is 6.08 Å². The van der Waals surface area contributed by atoms with Gasteiger partial charge in [0.25, 0.3) is 0 Å². The van der Waals surface area contributed by atoms with Gasteiger partial charge >= 0.3 is 0 Å². The number of aliphatic hydroxyl groups excluding tert-OH is 11. The molecule has 3 aliphatic heterocycles. The minimum absolute atomic E-state index is 0.170. The molecule has 3 aliphatic rings. The standard InChI is InChI=1S/C80H137NO18/c1-3-5-7-9-11-13-15-17-19-21-23-25-26-27-28-29-30-31-32-33-34-35-36-38-39-41-43-45-47-49-51-53-55-57-64(85)63(81-68(86)58-56-54-52-50-48-46-44-42-40-37-24-22-20-18-16-14-12-10-8-6-4-2)62-94-78-74(92)71(89)76(66(60-83)96-78)99-80-75(93)72(90)77(67(61-84)97-80)98-79-73(91)70(88)69(87)65(59-82)95-79/h6,8,12,14,18,20,24,37,39,41-42,44,47-50,55,57,63-67,69-80,82-85,87-93H,3-5,7,9-11,13,15-17,19,21-23,25-36,38,40,43,45-46,51-54,56,58-62H2,1-2H3,(H,81,86)/b8-6-,14-12-,20-18-,37-24-,41-39+,44-42-,49-47+,50-48-,57-55+. The summed E-state index contributed by atoms with van der Waals surface area (Å²) in [5.74, 6) is -0.334. The van der Waals surface area contributed by atoms with Crippen LogP contribution in [-0.2, 0) is 33.2 Å². The van der Waals surface area contributed by atoms with E-state index < -0.39 is 131 Å². The number of aliphatic hydroxyl groups is 11. The molecule has 3 fully saturated rings. The molecule has 99 heavy (non-hydrogen) atoms. The van der Waals surface area contributed by atoms with Gasteiger partial charge in [-0.05, 0) is 96.3 Å². The Kier molecular flexibility index (Phi) is 54.2. The van der Waals surface area contributed by atoms with Crippen molar-refractivity contribution in [3.05, 3.63) is 109 Å². The van der Waals surface area contributed by atoms with Crippen molar-refractivity contribution in [2.24, 2.45) is 0 Å². The van der Waals surface area contributed by atoms with E-state index in [1.165, 1.54) is 148 Å². The number of rotatable bonds is 59. The Morgan fingerprint density at radius 1 is 0.374 bits per heavy atom. The molecule has 0 aromatic rings. The molecule has 0 aromatic carbocycles. The van der Waals surface area contributed by atoms with Gasteiger partial charge in [-0.1, -0.05) is 264 Å². The highest BCUT2D eigenvalue weighted by Crippen LogP contribution is 2.33. The number of ether oxygens (including phenoxy) is 6. The van der Waals surface area contributed by atoms with Crippen LogP contribution in [0.5, 0.6) is 0 Å². The van der Waals surface area contributed by atoms with E-state index in [0.717, 1.165) is 77.0 Å². The number of allylic oxidation sites excluding steroid dienone is 17. The lowest BCUT2D eigenvalue weighted by atomic mass is 9.96. The third-order valence-corrected chi connectivity index (χ3v) is 18.5. The summed E-state index contributed by atoms with van der Waals surface area (Å²) in [6, 6.07) is -1.03. The van der Waals surface area contributed by atoms with E-state index in [9.17, 15) is 61.0 Å². The summed E-state index contributed by atoms with van der Waals surface area (Å²) in [6.07, 6.45) is 55.2. The number of amides is 1. The molecule has 3 heterocycles. The first-order chi connectivity index (χ1) is 48.3. The molecule has 17 atom stereocenters. The summed E-state index contributed by atoms with van der Waals surface area (Å²) in [6.45, 7) is 1.57. The summed E-state index contributed by atoms with van der Waals surface area (Å²) in [5, 5.41) is 121. The van der Waals surface area contributed by atoms with Gasteiger partial charge in [0.1, 0.15) is 73.2 Å². The highest BCUT2D eigenvalue weighted by atomic mass is 16.8. The first kappa shape index (κ1) is 89.7. The number of nitrogens with one attached hydrogen (secondary N) is 1. The average molecular weight is 1400 g/mol. The number of unbranched alkanes of at least 4 members (excludes halogenated alkanes) is 27. The van der Waals surface area contributed by atoms with Crippen molar-refractivity contribution in [1.82, 2.24) is 5.32 Å². The van der Waals surface area contributed by atoms with Crippen molar-refractivity contribution in [2.75, 3.05) is 26.4 Å². The summed E-state index contributed by atoms with van der Waals surface area (Å²) in [4.78, 5) is 13.4. The van der Waals surface area contributed by atoms with Crippen LogP contribution in [0.3, 0.4) is 0 Å². The minimum Gasteiger partial charge on any atom is -0.394 e. The van der Waals surface area contributed by atoms with E-state index in [4.69, 9.17) is 28.4 Å². The van der Waals surface area contributed by atoms with Gasteiger partial charge in [0.15, 0.2) is 18.9 Å². The topological polar surface area (TPSA) is 307 Å². The Morgan fingerprint density at radius 2 is 0.707 bits per heavy atom. The molecule has 0 bridgehead atoms. The Morgan fingerprint density at radius 3 is 1.13 bits per heavy atom. The molecule has 12 N–H and O–H groups in total. The monoisotopic (exact) mass is 1400 g/mol. The minimum atomic E-state index is -1.99. The normalized spacial score (nSPS) is 27.2. The Hall–Kier alpha value is -3.55. The van der Waals surface area contributed by atoms with Gasteiger partial charge in [-0.3, -0.25) is 4.79 Å². The van der Waals surface area contributed by atoms with Crippen LogP contribution in [0.1, 0.15) is 258 Å². The zero-order chi connectivity index (χ0) is 71.8. The lowest BCUT2D eigenvalue weighted by Gasteiger charge is -2.48. The second-order valence-corrected chi connectivity index (χ2v) is 27.1. The highest BCUT2D eigenvalue weighted by Gasteiger charge is 2.53. The maximum atomic E-state index is 13.4. The Balaban J connectivity index is 1.42. The zero-order valence-electron chi connectivity index (χ0n) is 60.7. The van der Waals surface area contributed by atoms with Crippen molar-refractivity contribution in [3.63, 3.8) is 0 Å². The van der Waals surface area contributed by atoms with E-state index in [0.29, 0.717) is 12.8 Å². The fourth-order valence-electron chi connectivity index (χ4n) is 12.3. The molecule has 0 radical (unpaired) electrons. The van der Waals surface area contributed by atoms with Crippen LogP contribution in [0, 0.1) is 0 Å². The molecule has 17 unspecified atom stereocenters. The molecule has 0 saturated carbocycles. The number of carbonyl (C=O) groups excluding carboxylic acids is 1. The third-order valence-electron chi connectivity index (χ3n) is 18.5. The van der Waals surface area contributed by atoms with Crippen LogP contribution in [0.15, 0.2) is 109 Å². The summed E-state index contributed by atoms with van der Waals surface area (Å²) >= 11 is 0. The molecule has 0 aliphatic carbocycles. The molecule has 0 spiro atoms. The first-order valence-electron chi connectivity index (χ1n) is 38.6. The summed E-state index contributed by atoms with van der Waals surface area (Å²) in [5.41, 5.74) is 0. The molecular formula is C80H137NO18. The second-order valence-electron chi connectivity index (χ2n) is 27.1. The van der Waals surface area contributed by atoms with Crippen LogP contribution in [0.4, 0.5) is 0 Å². The molecule has 19 nitrogen and oxygen atoms in total. The van der Waals surface area contributed by atoms with E-state index in [2.05, 4.69) is 116 Å². The maximum absolute atomic E-state index is 13.4. The van der Waals surface area contributed by atoms with Crippen LogP contribution in [-0.4, -0.2) is 193 Å². The van der Waals surface area contributed by atoms with Crippen molar-refractivity contribution in [2.45, 2.75) is 362 Å². The predicted molar refractivity (Wildman–Crippen MR) is 392 cm³/mol.